The maximum atomic E-state index is 9.07. The highest BCUT2D eigenvalue weighted by Crippen LogP contribution is 2.34. The number of anilines is 1. The van der Waals surface area contributed by atoms with Crippen LogP contribution in [0.3, 0.4) is 0 Å². The van der Waals surface area contributed by atoms with Crippen molar-refractivity contribution in [1.82, 2.24) is 4.98 Å². The monoisotopic (exact) mass is 290 g/mol. The quantitative estimate of drug-likeness (QED) is 0.357. The number of nitrogens with two attached hydrogens (primary N) is 1. The Morgan fingerprint density at radius 1 is 1.52 bits per heavy atom. The molecule has 1 fully saturated rings. The average Bonchev–Trinajstić information content (AvgIpc) is 3.23. The van der Waals surface area contributed by atoms with E-state index in [1.54, 1.807) is 7.11 Å². The summed E-state index contributed by atoms with van der Waals surface area (Å²) in [4.78, 5) is 7.08. The molecule has 1 aromatic heterocycles. The van der Waals surface area contributed by atoms with Crippen LogP contribution in [0, 0.1) is 0 Å². The number of rotatable bonds is 6. The van der Waals surface area contributed by atoms with Gasteiger partial charge in [0.15, 0.2) is 5.84 Å². The molecule has 0 spiro atoms. The molecular weight excluding hydrogens is 268 g/mol. The number of aryl methyl sites for hydroxylation is 2. The van der Waals surface area contributed by atoms with Gasteiger partial charge in [0.05, 0.1) is 12.2 Å². The Kier molecular flexibility index (Phi) is 3.96. The molecular formula is C15H22N4O2. The molecule has 6 nitrogen and oxygen atoms in total. The minimum Gasteiger partial charge on any atom is -0.409 e. The van der Waals surface area contributed by atoms with Crippen LogP contribution in [0.25, 0.3) is 0 Å². The second kappa shape index (κ2) is 5.89. The Bertz CT molecular complexity index is 555. The van der Waals surface area contributed by atoms with Gasteiger partial charge in [0, 0.05) is 25.4 Å². The Labute approximate surface area is 124 Å². The smallest absolute Gasteiger partial charge is 0.173 e. The van der Waals surface area contributed by atoms with Gasteiger partial charge in [0.25, 0.3) is 0 Å². The van der Waals surface area contributed by atoms with Crippen LogP contribution in [-0.2, 0) is 17.6 Å². The number of hydrogen-bond acceptors (Lipinski definition) is 5. The molecule has 1 aromatic rings. The van der Waals surface area contributed by atoms with E-state index in [1.165, 1.54) is 5.56 Å². The number of aromatic nitrogens is 1. The first-order valence-corrected chi connectivity index (χ1v) is 7.51. The van der Waals surface area contributed by atoms with Crippen molar-refractivity contribution >= 4 is 11.7 Å². The third-order valence-electron chi connectivity index (χ3n) is 4.21. The summed E-state index contributed by atoms with van der Waals surface area (Å²) in [5, 5.41) is 12.2. The van der Waals surface area contributed by atoms with Crippen LogP contribution < -0.4 is 10.6 Å². The van der Waals surface area contributed by atoms with E-state index < -0.39 is 0 Å². The summed E-state index contributed by atoms with van der Waals surface area (Å²) < 4.78 is 5.21. The van der Waals surface area contributed by atoms with E-state index in [9.17, 15) is 0 Å². The molecule has 0 amide bonds. The number of nitrogens with zero attached hydrogens (tertiary/aromatic N) is 3. The first kappa shape index (κ1) is 14.1. The standard InChI is InChI=1S/C15H22N4O2/c1-21-8-7-19(11-5-6-11)15-12(14(16)18-20)9-10-3-2-4-13(10)17-15/h9,11,20H,2-8H2,1H3,(H2,16,18). The fourth-order valence-corrected chi connectivity index (χ4v) is 2.96. The molecule has 0 unspecified atom stereocenters. The molecule has 21 heavy (non-hydrogen) atoms. The van der Waals surface area contributed by atoms with Crippen LogP contribution in [0.5, 0.6) is 0 Å². The predicted molar refractivity (Wildman–Crippen MR) is 81.0 cm³/mol. The Morgan fingerprint density at radius 2 is 2.33 bits per heavy atom. The molecule has 2 aliphatic rings. The van der Waals surface area contributed by atoms with Crippen LogP contribution in [0.1, 0.15) is 36.1 Å². The molecule has 0 aliphatic heterocycles. The van der Waals surface area contributed by atoms with E-state index in [-0.39, 0.29) is 5.84 Å². The number of fused-ring (bicyclic) bond motifs is 1. The SMILES string of the molecule is COCCN(c1nc2c(cc1C(N)=NO)CCC2)C1CC1. The van der Waals surface area contributed by atoms with Gasteiger partial charge in [-0.3, -0.25) is 0 Å². The minimum atomic E-state index is 0.135. The lowest BCUT2D eigenvalue weighted by Gasteiger charge is -2.26. The van der Waals surface area contributed by atoms with Crippen molar-refractivity contribution in [3.8, 4) is 0 Å². The van der Waals surface area contributed by atoms with Gasteiger partial charge in [-0.2, -0.15) is 0 Å². The number of methoxy groups -OCH3 is 1. The van der Waals surface area contributed by atoms with Gasteiger partial charge in [-0.25, -0.2) is 4.98 Å². The van der Waals surface area contributed by atoms with Crippen LogP contribution in [-0.4, -0.2) is 42.3 Å². The van der Waals surface area contributed by atoms with Gasteiger partial charge in [-0.05, 0) is 43.7 Å². The number of hydrogen-bond donors (Lipinski definition) is 2. The van der Waals surface area contributed by atoms with E-state index in [4.69, 9.17) is 20.7 Å². The lowest BCUT2D eigenvalue weighted by molar-refractivity contribution is 0.204. The normalized spacial score (nSPS) is 17.9. The van der Waals surface area contributed by atoms with Crippen LogP contribution in [0.4, 0.5) is 5.82 Å². The van der Waals surface area contributed by atoms with Crippen LogP contribution in [0.2, 0.25) is 0 Å². The summed E-state index contributed by atoms with van der Waals surface area (Å²) in [5.74, 6) is 0.973. The third-order valence-corrected chi connectivity index (χ3v) is 4.21. The highest BCUT2D eigenvalue weighted by atomic mass is 16.5. The van der Waals surface area contributed by atoms with Crippen molar-refractivity contribution in [3.63, 3.8) is 0 Å². The topological polar surface area (TPSA) is 84.0 Å². The van der Waals surface area contributed by atoms with Gasteiger partial charge < -0.3 is 20.6 Å². The predicted octanol–water partition coefficient (Wildman–Crippen LogP) is 1.28. The van der Waals surface area contributed by atoms with Gasteiger partial charge in [0.1, 0.15) is 5.82 Å². The molecule has 3 N–H and O–H groups in total. The second-order valence-electron chi connectivity index (χ2n) is 5.72. The van der Waals surface area contributed by atoms with Crippen molar-refractivity contribution in [3.05, 3.63) is 22.9 Å². The second-order valence-corrected chi connectivity index (χ2v) is 5.72. The summed E-state index contributed by atoms with van der Waals surface area (Å²) >= 11 is 0. The molecule has 1 saturated carbocycles. The van der Waals surface area contributed by atoms with Gasteiger partial charge in [0.2, 0.25) is 0 Å². The Morgan fingerprint density at radius 3 is 3.00 bits per heavy atom. The van der Waals surface area contributed by atoms with Crippen molar-refractivity contribution in [2.75, 3.05) is 25.2 Å². The lowest BCUT2D eigenvalue weighted by atomic mass is 10.1. The zero-order chi connectivity index (χ0) is 14.8. The van der Waals surface area contributed by atoms with E-state index in [1.807, 2.05) is 6.07 Å². The minimum absolute atomic E-state index is 0.135. The molecule has 0 saturated heterocycles. The molecule has 0 bridgehead atoms. The molecule has 114 valence electrons. The summed E-state index contributed by atoms with van der Waals surface area (Å²) in [6, 6.07) is 2.54. The number of pyridine rings is 1. The molecule has 0 aromatic carbocycles. The molecule has 6 heteroatoms. The number of amidine groups is 1. The number of oxime groups is 1. The van der Waals surface area contributed by atoms with Gasteiger partial charge in [-0.15, -0.1) is 0 Å². The molecule has 1 heterocycles. The first-order valence-electron chi connectivity index (χ1n) is 7.51. The Balaban J connectivity index is 2.01. The van der Waals surface area contributed by atoms with Gasteiger partial charge >= 0.3 is 0 Å². The average molecular weight is 290 g/mol. The van der Waals surface area contributed by atoms with Crippen molar-refractivity contribution < 1.29 is 9.94 Å². The highest BCUT2D eigenvalue weighted by Gasteiger charge is 2.32. The van der Waals surface area contributed by atoms with E-state index in [2.05, 4.69) is 10.1 Å². The van der Waals surface area contributed by atoms with Crippen molar-refractivity contribution in [2.24, 2.45) is 10.9 Å². The maximum Gasteiger partial charge on any atom is 0.173 e. The van der Waals surface area contributed by atoms with E-state index in [0.29, 0.717) is 12.6 Å². The molecule has 2 aliphatic carbocycles. The lowest BCUT2D eigenvalue weighted by Crippen LogP contribution is -2.33. The van der Waals surface area contributed by atoms with E-state index in [0.717, 1.165) is 55.7 Å². The zero-order valence-electron chi connectivity index (χ0n) is 12.4. The largest absolute Gasteiger partial charge is 0.409 e. The van der Waals surface area contributed by atoms with Crippen LogP contribution >= 0.6 is 0 Å². The van der Waals surface area contributed by atoms with Gasteiger partial charge in [-0.1, -0.05) is 5.16 Å². The summed E-state index contributed by atoms with van der Waals surface area (Å²) in [6.07, 6.45) is 5.50. The van der Waals surface area contributed by atoms with Crippen molar-refractivity contribution in [2.45, 2.75) is 38.1 Å². The molecule has 0 radical (unpaired) electrons. The fraction of sp³-hybridized carbons (Fsp3) is 0.600. The first-order chi connectivity index (χ1) is 10.2. The van der Waals surface area contributed by atoms with E-state index >= 15 is 0 Å². The third kappa shape index (κ3) is 2.81. The molecule has 0 atom stereocenters. The maximum absolute atomic E-state index is 9.07. The fourth-order valence-electron chi connectivity index (χ4n) is 2.96. The summed E-state index contributed by atoms with van der Waals surface area (Å²) in [6.45, 7) is 1.42. The number of ether oxygens (including phenoxy) is 1. The summed E-state index contributed by atoms with van der Waals surface area (Å²) in [7, 11) is 1.70. The van der Waals surface area contributed by atoms with Crippen LogP contribution in [0.15, 0.2) is 11.2 Å². The molecule has 3 rings (SSSR count). The van der Waals surface area contributed by atoms with Crippen molar-refractivity contribution in [1.29, 1.82) is 0 Å². The highest BCUT2D eigenvalue weighted by molar-refractivity contribution is 6.01. The zero-order valence-corrected chi connectivity index (χ0v) is 12.4. The Hall–Kier alpha value is -1.82. The summed E-state index contributed by atoms with van der Waals surface area (Å²) in [5.41, 5.74) is 9.00.